The third-order valence-electron chi connectivity index (χ3n) is 0.906. The van der Waals surface area contributed by atoms with Gasteiger partial charge in [0.05, 0.1) is 32.3 Å². The van der Waals surface area contributed by atoms with Gasteiger partial charge in [0, 0.05) is 51.4 Å². The van der Waals surface area contributed by atoms with E-state index in [0.29, 0.717) is 7.19 Å². The van der Waals surface area contributed by atoms with Gasteiger partial charge in [-0.1, -0.05) is 0 Å². The molecule has 1 heterocycles. The summed E-state index contributed by atoms with van der Waals surface area (Å²) in [7, 11) is 0. The van der Waals surface area contributed by atoms with E-state index >= 15 is 0 Å². The molecule has 6 nitrogen and oxygen atoms in total. The third kappa shape index (κ3) is 2.50. The van der Waals surface area contributed by atoms with E-state index < -0.39 is 17.1 Å². The Morgan fingerprint density at radius 1 is 1.00 bits per heavy atom. The number of aromatic amines is 1. The summed E-state index contributed by atoms with van der Waals surface area (Å²) in [5.74, 6) is 0. The first-order valence-corrected chi connectivity index (χ1v) is 3.76. The van der Waals surface area contributed by atoms with Crippen LogP contribution in [0.25, 0.3) is 0 Å². The molecule has 0 aromatic carbocycles. The van der Waals surface area contributed by atoms with Crippen LogP contribution in [-0.2, 0) is 0 Å². The van der Waals surface area contributed by atoms with Crippen LogP contribution in [0.2, 0.25) is 0 Å². The van der Waals surface area contributed by atoms with Crippen LogP contribution in [-0.4, -0.2) is 63.6 Å². The quantitative estimate of drug-likeness (QED) is 0.598. The van der Waals surface area contributed by atoms with E-state index in [-0.39, 0.29) is 51.4 Å². The molecule has 0 aliphatic rings. The van der Waals surface area contributed by atoms with Crippen molar-refractivity contribution in [2.75, 3.05) is 0 Å². The summed E-state index contributed by atoms with van der Waals surface area (Å²) < 4.78 is 1.17. The number of nitrogens with zero attached hydrogens (tertiary/aromatic N) is 2. The summed E-state index contributed by atoms with van der Waals surface area (Å²) in [5.41, 5.74) is -2.41. The fourth-order valence-electron chi connectivity index (χ4n) is 0.440. The largest absolute Gasteiger partial charge is 0.357 e. The molecule has 0 atom stereocenters. The van der Waals surface area contributed by atoms with Crippen LogP contribution in [0.1, 0.15) is 0 Å². The SMILES string of the molecule is O=c1[nH]c(=O)n(Br)c(=O)n1Br.[K]. The maximum absolute atomic E-state index is 10.8. The van der Waals surface area contributed by atoms with E-state index in [1.165, 1.54) is 0 Å². The number of nitrogens with one attached hydrogen (secondary N) is 1. The maximum Gasteiger partial charge on any atom is 0.357 e. The van der Waals surface area contributed by atoms with Gasteiger partial charge in [0.25, 0.3) is 0 Å². The molecule has 9 heteroatoms. The molecule has 1 radical (unpaired) electrons. The Morgan fingerprint density at radius 2 is 1.33 bits per heavy atom. The summed E-state index contributed by atoms with van der Waals surface area (Å²) in [4.78, 5) is 34.0. The molecule has 0 amide bonds. The van der Waals surface area contributed by atoms with Crippen molar-refractivity contribution >= 4 is 83.7 Å². The van der Waals surface area contributed by atoms with Crippen LogP contribution in [0.15, 0.2) is 14.4 Å². The minimum atomic E-state index is -0.810. The van der Waals surface area contributed by atoms with Crippen LogP contribution >= 0.6 is 32.3 Å². The molecule has 0 bridgehead atoms. The predicted octanol–water partition coefficient (Wildman–Crippen LogP) is -1.37. The van der Waals surface area contributed by atoms with Crippen molar-refractivity contribution in [2.45, 2.75) is 0 Å². The van der Waals surface area contributed by atoms with Crippen molar-refractivity contribution in [1.29, 1.82) is 0 Å². The van der Waals surface area contributed by atoms with E-state index in [9.17, 15) is 14.4 Å². The van der Waals surface area contributed by atoms with Gasteiger partial charge in [0.15, 0.2) is 0 Å². The van der Waals surface area contributed by atoms with Crippen molar-refractivity contribution in [3.8, 4) is 0 Å². The Hall–Kier alpha value is 1.01. The van der Waals surface area contributed by atoms with Gasteiger partial charge in [-0.05, 0) is 0 Å². The second-order valence-electron chi connectivity index (χ2n) is 1.58. The zero-order valence-corrected chi connectivity index (χ0v) is 12.2. The van der Waals surface area contributed by atoms with Crippen molar-refractivity contribution < 1.29 is 0 Å². The van der Waals surface area contributed by atoms with E-state index in [1.807, 2.05) is 4.98 Å². The fourth-order valence-corrected chi connectivity index (χ4v) is 1.15. The van der Waals surface area contributed by atoms with Crippen molar-refractivity contribution in [1.82, 2.24) is 12.2 Å². The smallest absolute Gasteiger partial charge is 0.257 e. The number of hydrogen-bond acceptors (Lipinski definition) is 3. The minimum absolute atomic E-state index is 0. The number of aromatic nitrogens is 3. The Kier molecular flexibility index (Phi) is 5.45. The van der Waals surface area contributed by atoms with Crippen molar-refractivity contribution in [3.63, 3.8) is 0 Å². The molecule has 12 heavy (non-hydrogen) atoms. The summed E-state index contributed by atoms with van der Waals surface area (Å²) in [6.07, 6.45) is 0. The Bertz CT molecular complexity index is 408. The van der Waals surface area contributed by atoms with Crippen molar-refractivity contribution in [2.24, 2.45) is 0 Å². The summed E-state index contributed by atoms with van der Waals surface area (Å²) in [6.45, 7) is 0. The molecule has 1 rings (SSSR count). The van der Waals surface area contributed by atoms with Gasteiger partial charge < -0.3 is 0 Å². The zero-order valence-electron chi connectivity index (χ0n) is 5.88. The van der Waals surface area contributed by atoms with Gasteiger partial charge in [-0.2, -0.15) is 7.19 Å². The Balaban J connectivity index is 0.00000121. The van der Waals surface area contributed by atoms with Gasteiger partial charge in [0.1, 0.15) is 0 Å². The molecule has 0 fully saturated rings. The van der Waals surface area contributed by atoms with Crippen LogP contribution < -0.4 is 17.1 Å². The van der Waals surface area contributed by atoms with Gasteiger partial charge >= 0.3 is 17.1 Å². The van der Waals surface area contributed by atoms with Crippen LogP contribution in [0.3, 0.4) is 0 Å². The van der Waals surface area contributed by atoms with E-state index in [0.717, 1.165) is 0 Å². The molecule has 1 N–H and O–H groups in total. The third-order valence-corrected chi connectivity index (χ3v) is 2.16. The molecule has 1 aromatic rings. The first-order chi connectivity index (χ1) is 5.04. The molecule has 0 saturated heterocycles. The van der Waals surface area contributed by atoms with Gasteiger partial charge in [-0.25, -0.2) is 14.4 Å². The Morgan fingerprint density at radius 3 is 1.67 bits per heavy atom. The van der Waals surface area contributed by atoms with Gasteiger partial charge in [0.2, 0.25) is 0 Å². The summed E-state index contributed by atoms with van der Waals surface area (Å²) in [6, 6.07) is 0. The Labute approximate surface area is 125 Å². The number of hydrogen-bond donors (Lipinski definition) is 1. The maximum atomic E-state index is 10.8. The standard InChI is InChI=1S/C3HBr2N3O3.K/c4-7-1(9)6-2(10)8(5)3(7)11;/h(H,6,9,10);. The van der Waals surface area contributed by atoms with E-state index in [2.05, 4.69) is 32.3 Å². The second kappa shape index (κ2) is 5.03. The number of rotatable bonds is 0. The number of H-pyrrole nitrogens is 1. The average Bonchev–Trinajstić information content (AvgIpc) is 1.97. The molecule has 0 spiro atoms. The van der Waals surface area contributed by atoms with E-state index in [4.69, 9.17) is 0 Å². The van der Waals surface area contributed by atoms with E-state index in [1.54, 1.807) is 0 Å². The first-order valence-electron chi connectivity index (χ1n) is 2.34. The second-order valence-corrected chi connectivity index (χ2v) is 3.00. The molecule has 0 saturated carbocycles. The summed E-state index contributed by atoms with van der Waals surface area (Å²) in [5, 5.41) is 0. The number of halogens is 2. The minimum Gasteiger partial charge on any atom is -0.257 e. The molecule has 0 unspecified atom stereocenters. The molecular weight excluding hydrogens is 325 g/mol. The van der Waals surface area contributed by atoms with Crippen LogP contribution in [0.5, 0.6) is 0 Å². The van der Waals surface area contributed by atoms with Gasteiger partial charge in [-0.15, -0.1) is 0 Å². The predicted molar refractivity (Wildman–Crippen MR) is 50.0 cm³/mol. The first kappa shape index (κ1) is 13.0. The topological polar surface area (TPSA) is 76.9 Å². The zero-order chi connectivity index (χ0) is 8.59. The van der Waals surface area contributed by atoms with Crippen LogP contribution in [0.4, 0.5) is 0 Å². The molecular formula is C3HBr2KN3O3. The average molecular weight is 326 g/mol. The molecule has 0 aliphatic carbocycles. The molecule has 61 valence electrons. The summed E-state index contributed by atoms with van der Waals surface area (Å²) >= 11 is 5.27. The van der Waals surface area contributed by atoms with Gasteiger partial charge in [-0.3, -0.25) is 4.98 Å². The molecule has 1 aromatic heterocycles. The van der Waals surface area contributed by atoms with Crippen molar-refractivity contribution in [3.05, 3.63) is 31.5 Å². The fraction of sp³-hybridized carbons (Fsp3) is 0. The monoisotopic (exact) mass is 324 g/mol. The normalized spacial score (nSPS) is 9.17. The van der Waals surface area contributed by atoms with Crippen LogP contribution in [0, 0.1) is 0 Å². The molecule has 0 aliphatic heterocycles.